The van der Waals surface area contributed by atoms with Crippen molar-refractivity contribution in [3.8, 4) is 0 Å². The minimum Gasteiger partial charge on any atom is -0.391 e. The van der Waals surface area contributed by atoms with E-state index in [2.05, 4.69) is 15.9 Å². The van der Waals surface area contributed by atoms with E-state index in [0.29, 0.717) is 19.5 Å². The molecule has 0 aliphatic carbocycles. The summed E-state index contributed by atoms with van der Waals surface area (Å²) >= 11 is 4.86. The largest absolute Gasteiger partial charge is 0.391 e. The molecule has 82 valence electrons. The number of nitrogens with zero attached hydrogens (tertiary/aromatic N) is 1. The van der Waals surface area contributed by atoms with Crippen molar-refractivity contribution in [2.45, 2.75) is 19.4 Å². The highest BCUT2D eigenvalue weighted by molar-refractivity contribution is 9.11. The van der Waals surface area contributed by atoms with Crippen LogP contribution in [0.25, 0.3) is 0 Å². The molecule has 2 rings (SSSR count). The Morgan fingerprint density at radius 2 is 2.47 bits per heavy atom. The lowest BCUT2D eigenvalue weighted by Crippen LogP contribution is -2.28. The zero-order chi connectivity index (χ0) is 11.0. The van der Waals surface area contributed by atoms with E-state index in [1.807, 2.05) is 13.0 Å². The summed E-state index contributed by atoms with van der Waals surface area (Å²) in [6, 6.07) is 1.89. The monoisotopic (exact) mass is 289 g/mol. The van der Waals surface area contributed by atoms with Gasteiger partial charge in [-0.25, -0.2) is 0 Å². The lowest BCUT2D eigenvalue weighted by Gasteiger charge is -2.13. The molecule has 1 N–H and O–H groups in total. The molecule has 0 radical (unpaired) electrons. The summed E-state index contributed by atoms with van der Waals surface area (Å²) < 4.78 is 1.01. The van der Waals surface area contributed by atoms with Crippen LogP contribution in [0.3, 0.4) is 0 Å². The first kappa shape index (κ1) is 11.1. The number of carbonyl (C=O) groups excluding carboxylic acids is 1. The minimum absolute atomic E-state index is 0.0327. The Bertz CT molecular complexity index is 371. The molecular weight excluding hydrogens is 278 g/mol. The first-order valence-corrected chi connectivity index (χ1v) is 6.42. The molecule has 1 aliphatic rings. The van der Waals surface area contributed by atoms with Crippen molar-refractivity contribution >= 4 is 33.2 Å². The maximum atomic E-state index is 12.0. The Morgan fingerprint density at radius 3 is 2.93 bits per heavy atom. The van der Waals surface area contributed by atoms with Gasteiger partial charge in [-0.2, -0.15) is 0 Å². The molecule has 0 bridgehead atoms. The molecule has 1 atom stereocenters. The van der Waals surface area contributed by atoms with Crippen LogP contribution < -0.4 is 0 Å². The van der Waals surface area contributed by atoms with Gasteiger partial charge in [-0.3, -0.25) is 4.79 Å². The van der Waals surface area contributed by atoms with Gasteiger partial charge in [0, 0.05) is 13.1 Å². The second-order valence-electron chi connectivity index (χ2n) is 3.76. The van der Waals surface area contributed by atoms with E-state index in [4.69, 9.17) is 0 Å². The number of carbonyl (C=O) groups is 1. The third-order valence-corrected chi connectivity index (χ3v) is 4.64. The Balaban J connectivity index is 2.14. The highest BCUT2D eigenvalue weighted by Gasteiger charge is 2.26. The van der Waals surface area contributed by atoms with Crippen LogP contribution in [-0.4, -0.2) is 35.1 Å². The van der Waals surface area contributed by atoms with Gasteiger partial charge >= 0.3 is 0 Å². The van der Waals surface area contributed by atoms with Crippen LogP contribution in [0, 0.1) is 6.92 Å². The number of rotatable bonds is 1. The van der Waals surface area contributed by atoms with Crippen LogP contribution in [-0.2, 0) is 0 Å². The van der Waals surface area contributed by atoms with E-state index in [-0.39, 0.29) is 12.0 Å². The Hall–Kier alpha value is -0.390. The number of aliphatic hydroxyl groups is 1. The zero-order valence-corrected chi connectivity index (χ0v) is 10.8. The van der Waals surface area contributed by atoms with E-state index in [9.17, 15) is 9.90 Å². The fraction of sp³-hybridized carbons (Fsp3) is 0.500. The maximum absolute atomic E-state index is 12.0. The molecule has 2 heterocycles. The molecule has 5 heteroatoms. The number of likely N-dealkylation sites (tertiary alicyclic amines) is 1. The highest BCUT2D eigenvalue weighted by atomic mass is 79.9. The molecule has 1 fully saturated rings. The molecule has 0 aromatic carbocycles. The van der Waals surface area contributed by atoms with Crippen LogP contribution in [0.4, 0.5) is 0 Å². The second kappa shape index (κ2) is 4.23. The quantitative estimate of drug-likeness (QED) is 0.859. The third kappa shape index (κ3) is 2.24. The van der Waals surface area contributed by atoms with Gasteiger partial charge in [0.2, 0.25) is 0 Å². The van der Waals surface area contributed by atoms with E-state index in [0.717, 1.165) is 14.2 Å². The Labute approximate surface area is 101 Å². The van der Waals surface area contributed by atoms with E-state index in [1.165, 1.54) is 11.3 Å². The van der Waals surface area contributed by atoms with Crippen LogP contribution in [0.5, 0.6) is 0 Å². The average Bonchev–Trinajstić information content (AvgIpc) is 2.74. The number of thiophene rings is 1. The van der Waals surface area contributed by atoms with Crippen molar-refractivity contribution in [2.24, 2.45) is 0 Å². The smallest absolute Gasteiger partial charge is 0.264 e. The van der Waals surface area contributed by atoms with Crippen molar-refractivity contribution in [3.05, 3.63) is 20.3 Å². The van der Waals surface area contributed by atoms with Gasteiger partial charge in [0.1, 0.15) is 0 Å². The number of hydrogen-bond acceptors (Lipinski definition) is 3. The molecule has 0 spiro atoms. The number of halogens is 1. The van der Waals surface area contributed by atoms with Crippen molar-refractivity contribution in [2.75, 3.05) is 13.1 Å². The second-order valence-corrected chi connectivity index (χ2v) is 6.13. The predicted octanol–water partition coefficient (Wildman–Crippen LogP) is 2.03. The van der Waals surface area contributed by atoms with Crippen LogP contribution in [0.15, 0.2) is 9.85 Å². The number of amides is 1. The molecule has 1 saturated heterocycles. The lowest BCUT2D eigenvalue weighted by molar-refractivity contribution is 0.0769. The zero-order valence-electron chi connectivity index (χ0n) is 8.36. The molecular formula is C10H12BrNO2S. The molecule has 1 aromatic rings. The number of aryl methyl sites for hydroxylation is 1. The molecule has 0 saturated carbocycles. The molecule has 1 amide bonds. The van der Waals surface area contributed by atoms with Crippen LogP contribution >= 0.6 is 27.3 Å². The SMILES string of the molecule is Cc1cc(C(=O)N2CC[C@H](O)C2)sc1Br. The predicted molar refractivity (Wildman–Crippen MR) is 63.3 cm³/mol. The van der Waals surface area contributed by atoms with Crippen molar-refractivity contribution in [1.29, 1.82) is 0 Å². The van der Waals surface area contributed by atoms with Gasteiger partial charge in [-0.05, 0) is 40.9 Å². The molecule has 3 nitrogen and oxygen atoms in total. The number of β-amino-alcohol motifs (C(OH)–C–C–N with tert-alkyl or cyclic N) is 1. The first-order valence-electron chi connectivity index (χ1n) is 4.81. The van der Waals surface area contributed by atoms with E-state index in [1.54, 1.807) is 4.90 Å². The van der Waals surface area contributed by atoms with Gasteiger partial charge in [0.05, 0.1) is 14.8 Å². The fourth-order valence-electron chi connectivity index (χ4n) is 1.65. The van der Waals surface area contributed by atoms with Gasteiger partial charge in [-0.15, -0.1) is 11.3 Å². The Kier molecular flexibility index (Phi) is 3.13. The van der Waals surface area contributed by atoms with Crippen molar-refractivity contribution in [3.63, 3.8) is 0 Å². The lowest BCUT2D eigenvalue weighted by atomic mass is 10.3. The third-order valence-electron chi connectivity index (χ3n) is 2.52. The van der Waals surface area contributed by atoms with Gasteiger partial charge in [0.25, 0.3) is 5.91 Å². The molecule has 15 heavy (non-hydrogen) atoms. The van der Waals surface area contributed by atoms with Crippen LogP contribution in [0.2, 0.25) is 0 Å². The fourth-order valence-corrected chi connectivity index (χ4v) is 3.15. The van der Waals surface area contributed by atoms with Gasteiger partial charge in [0.15, 0.2) is 0 Å². The average molecular weight is 290 g/mol. The van der Waals surface area contributed by atoms with Crippen molar-refractivity contribution < 1.29 is 9.90 Å². The summed E-state index contributed by atoms with van der Waals surface area (Å²) in [5, 5.41) is 9.36. The molecule has 1 aliphatic heterocycles. The highest BCUT2D eigenvalue weighted by Crippen LogP contribution is 2.28. The standard InChI is InChI=1S/C10H12BrNO2S/c1-6-4-8(15-9(6)11)10(14)12-3-2-7(13)5-12/h4,7,13H,2-3,5H2,1H3/t7-/m0/s1. The molecule has 1 aromatic heterocycles. The minimum atomic E-state index is -0.349. The van der Waals surface area contributed by atoms with Crippen LogP contribution in [0.1, 0.15) is 21.7 Å². The topological polar surface area (TPSA) is 40.5 Å². The van der Waals surface area contributed by atoms with Gasteiger partial charge < -0.3 is 10.0 Å². The summed E-state index contributed by atoms with van der Waals surface area (Å²) in [5.74, 6) is 0.0327. The number of hydrogen-bond donors (Lipinski definition) is 1. The summed E-state index contributed by atoms with van der Waals surface area (Å²) in [4.78, 5) is 14.4. The summed E-state index contributed by atoms with van der Waals surface area (Å²) in [6.45, 7) is 3.10. The van der Waals surface area contributed by atoms with Crippen molar-refractivity contribution in [1.82, 2.24) is 4.90 Å². The summed E-state index contributed by atoms with van der Waals surface area (Å²) in [7, 11) is 0. The normalized spacial score (nSPS) is 21.0. The van der Waals surface area contributed by atoms with E-state index >= 15 is 0 Å². The van der Waals surface area contributed by atoms with E-state index < -0.39 is 0 Å². The molecule has 0 unspecified atom stereocenters. The number of aliphatic hydroxyl groups excluding tert-OH is 1. The van der Waals surface area contributed by atoms with Gasteiger partial charge in [-0.1, -0.05) is 0 Å². The summed E-state index contributed by atoms with van der Waals surface area (Å²) in [5.41, 5.74) is 1.09. The summed E-state index contributed by atoms with van der Waals surface area (Å²) in [6.07, 6.45) is 0.343. The maximum Gasteiger partial charge on any atom is 0.264 e. The Morgan fingerprint density at radius 1 is 1.73 bits per heavy atom. The first-order chi connectivity index (χ1) is 7.08.